The van der Waals surface area contributed by atoms with Gasteiger partial charge in [0.2, 0.25) is 5.88 Å². The van der Waals surface area contributed by atoms with Gasteiger partial charge in [0.15, 0.2) is 11.5 Å². The maximum Gasteiger partial charge on any atom is 0.411 e. The van der Waals surface area contributed by atoms with Gasteiger partial charge < -0.3 is 23.8 Å². The summed E-state index contributed by atoms with van der Waals surface area (Å²) in [7, 11) is 3.14. The van der Waals surface area contributed by atoms with E-state index in [2.05, 4.69) is 41.0 Å². The summed E-state index contributed by atoms with van der Waals surface area (Å²) in [5, 5.41) is 3.50. The van der Waals surface area contributed by atoms with Crippen LogP contribution in [-0.4, -0.2) is 60.9 Å². The average molecular weight is 497 g/mol. The number of aromatic nitrogens is 2. The number of carbonyl (C=O) groups excluding carboxylic acids is 1. The van der Waals surface area contributed by atoms with Gasteiger partial charge in [0.05, 0.1) is 25.1 Å². The Labute approximate surface area is 212 Å². The first-order valence-corrected chi connectivity index (χ1v) is 12.4. The fourth-order valence-corrected chi connectivity index (χ4v) is 3.91. The Morgan fingerprint density at radius 1 is 0.972 bits per heavy atom. The van der Waals surface area contributed by atoms with E-state index >= 15 is 0 Å². The van der Waals surface area contributed by atoms with E-state index in [-0.39, 0.29) is 6.10 Å². The maximum atomic E-state index is 12.5. The predicted octanol–water partition coefficient (Wildman–Crippen LogP) is 5.89. The summed E-state index contributed by atoms with van der Waals surface area (Å²) in [5.74, 6) is 2.08. The normalized spacial score (nSPS) is 11.8. The van der Waals surface area contributed by atoms with Gasteiger partial charge in [-0.1, -0.05) is 27.2 Å². The van der Waals surface area contributed by atoms with E-state index in [1.54, 1.807) is 50.6 Å². The zero-order valence-electron chi connectivity index (χ0n) is 21.7. The number of fused-ring (bicyclic) bond motifs is 1. The standard InChI is InChI=1S/C27H36N4O5/c1-6-9-20(14-15-31(7-2)8-3)36-27(32)30-19-10-12-21(13-11-19)35-26-22-16-24(33-4)25(34-5)17-23(22)28-18-29-26/h10-13,16-18,20H,6-9,14-15H2,1-5H3,(H,30,32). The number of nitrogens with one attached hydrogen (secondary N) is 1. The number of anilines is 1. The lowest BCUT2D eigenvalue weighted by molar-refractivity contribution is 0.0909. The number of methoxy groups -OCH3 is 2. The average Bonchev–Trinajstić information content (AvgIpc) is 2.89. The first-order chi connectivity index (χ1) is 17.5. The fraction of sp³-hybridized carbons (Fsp3) is 0.444. The molecule has 0 fully saturated rings. The summed E-state index contributed by atoms with van der Waals surface area (Å²) in [6.07, 6.45) is 3.48. The van der Waals surface area contributed by atoms with E-state index in [9.17, 15) is 4.79 Å². The van der Waals surface area contributed by atoms with Crippen LogP contribution in [0.3, 0.4) is 0 Å². The third-order valence-electron chi connectivity index (χ3n) is 5.97. The molecule has 1 heterocycles. The monoisotopic (exact) mass is 496 g/mol. The quantitative estimate of drug-likeness (QED) is 0.313. The molecule has 0 radical (unpaired) electrons. The van der Waals surface area contributed by atoms with Crippen LogP contribution in [0, 0.1) is 0 Å². The topological polar surface area (TPSA) is 95.0 Å². The summed E-state index contributed by atoms with van der Waals surface area (Å²) >= 11 is 0. The van der Waals surface area contributed by atoms with Crippen LogP contribution in [0.5, 0.6) is 23.1 Å². The molecule has 9 heteroatoms. The zero-order chi connectivity index (χ0) is 25.9. The van der Waals surface area contributed by atoms with Crippen LogP contribution in [0.4, 0.5) is 10.5 Å². The Kier molecular flexibility index (Phi) is 10.1. The Bertz CT molecular complexity index is 1120. The maximum absolute atomic E-state index is 12.5. The Morgan fingerprint density at radius 3 is 2.31 bits per heavy atom. The molecular formula is C27H36N4O5. The first-order valence-electron chi connectivity index (χ1n) is 12.4. The molecule has 3 rings (SSSR count). The number of carbonyl (C=O) groups is 1. The van der Waals surface area contributed by atoms with E-state index in [1.807, 2.05) is 0 Å². The van der Waals surface area contributed by atoms with Crippen molar-refractivity contribution in [2.24, 2.45) is 0 Å². The number of hydrogen-bond acceptors (Lipinski definition) is 8. The highest BCUT2D eigenvalue weighted by Gasteiger charge is 2.16. The van der Waals surface area contributed by atoms with Crippen LogP contribution in [0.1, 0.15) is 40.0 Å². The second-order valence-corrected chi connectivity index (χ2v) is 8.29. The lowest BCUT2D eigenvalue weighted by atomic mass is 10.1. The van der Waals surface area contributed by atoms with Crippen LogP contribution < -0.4 is 19.5 Å². The van der Waals surface area contributed by atoms with Crippen molar-refractivity contribution < 1.29 is 23.7 Å². The largest absolute Gasteiger partial charge is 0.493 e. The van der Waals surface area contributed by atoms with Crippen molar-refractivity contribution in [3.63, 3.8) is 0 Å². The minimum Gasteiger partial charge on any atom is -0.493 e. The van der Waals surface area contributed by atoms with Crippen LogP contribution in [0.2, 0.25) is 0 Å². The minimum atomic E-state index is -0.454. The van der Waals surface area contributed by atoms with Gasteiger partial charge in [0.25, 0.3) is 0 Å². The Balaban J connectivity index is 1.64. The van der Waals surface area contributed by atoms with E-state index in [0.717, 1.165) is 38.9 Å². The number of benzene rings is 2. The molecule has 1 N–H and O–H groups in total. The van der Waals surface area contributed by atoms with Gasteiger partial charge in [-0.25, -0.2) is 14.8 Å². The van der Waals surface area contributed by atoms with Crippen molar-refractivity contribution in [1.29, 1.82) is 0 Å². The number of hydrogen-bond donors (Lipinski definition) is 1. The molecule has 0 saturated carbocycles. The summed E-state index contributed by atoms with van der Waals surface area (Å²) in [6, 6.07) is 10.6. The smallest absolute Gasteiger partial charge is 0.411 e. The second-order valence-electron chi connectivity index (χ2n) is 8.29. The van der Waals surface area contributed by atoms with Gasteiger partial charge in [0, 0.05) is 18.3 Å². The Hall–Kier alpha value is -3.59. The van der Waals surface area contributed by atoms with E-state index in [4.69, 9.17) is 18.9 Å². The van der Waals surface area contributed by atoms with E-state index < -0.39 is 6.09 Å². The number of rotatable bonds is 13. The molecule has 0 spiro atoms. The molecule has 0 bridgehead atoms. The van der Waals surface area contributed by atoms with Crippen molar-refractivity contribution in [3.8, 4) is 23.1 Å². The third-order valence-corrected chi connectivity index (χ3v) is 5.97. The Morgan fingerprint density at radius 2 is 1.67 bits per heavy atom. The van der Waals surface area contributed by atoms with Crippen molar-refractivity contribution in [2.45, 2.75) is 46.1 Å². The molecule has 0 aliphatic carbocycles. The van der Waals surface area contributed by atoms with Gasteiger partial charge in [-0.05, 0) is 56.3 Å². The van der Waals surface area contributed by atoms with Crippen molar-refractivity contribution in [1.82, 2.24) is 14.9 Å². The third kappa shape index (κ3) is 7.21. The van der Waals surface area contributed by atoms with Crippen molar-refractivity contribution in [3.05, 3.63) is 42.7 Å². The molecule has 0 aliphatic rings. The van der Waals surface area contributed by atoms with Crippen molar-refractivity contribution in [2.75, 3.05) is 39.2 Å². The van der Waals surface area contributed by atoms with Crippen LogP contribution in [0.15, 0.2) is 42.7 Å². The summed E-state index contributed by atoms with van der Waals surface area (Å²) < 4.78 is 22.4. The second kappa shape index (κ2) is 13.5. The zero-order valence-corrected chi connectivity index (χ0v) is 21.7. The molecule has 1 aromatic heterocycles. The van der Waals surface area contributed by atoms with Gasteiger partial charge in [-0.3, -0.25) is 5.32 Å². The molecule has 0 aliphatic heterocycles. The van der Waals surface area contributed by atoms with Gasteiger partial charge in [0.1, 0.15) is 18.2 Å². The number of amides is 1. The van der Waals surface area contributed by atoms with Crippen LogP contribution in [-0.2, 0) is 4.74 Å². The number of ether oxygens (including phenoxy) is 4. The van der Waals surface area contributed by atoms with Gasteiger partial charge >= 0.3 is 6.09 Å². The van der Waals surface area contributed by atoms with Crippen LogP contribution >= 0.6 is 0 Å². The predicted molar refractivity (Wildman–Crippen MR) is 140 cm³/mol. The summed E-state index contributed by atoms with van der Waals surface area (Å²) in [5.41, 5.74) is 1.28. The van der Waals surface area contributed by atoms with Gasteiger partial charge in [-0.15, -0.1) is 0 Å². The molecule has 194 valence electrons. The molecule has 3 aromatic rings. The SMILES string of the molecule is CCCC(CCN(CC)CC)OC(=O)Nc1ccc(Oc2ncnc3cc(OC)c(OC)cc23)cc1. The highest BCUT2D eigenvalue weighted by Crippen LogP contribution is 2.35. The highest BCUT2D eigenvalue weighted by atomic mass is 16.6. The lowest BCUT2D eigenvalue weighted by Crippen LogP contribution is -2.30. The summed E-state index contributed by atoms with van der Waals surface area (Å²) in [4.78, 5) is 23.4. The summed E-state index contributed by atoms with van der Waals surface area (Å²) in [6.45, 7) is 9.26. The van der Waals surface area contributed by atoms with Crippen molar-refractivity contribution >= 4 is 22.7 Å². The fourth-order valence-electron chi connectivity index (χ4n) is 3.91. The van der Waals surface area contributed by atoms with Gasteiger partial charge in [-0.2, -0.15) is 0 Å². The molecule has 1 unspecified atom stereocenters. The molecule has 36 heavy (non-hydrogen) atoms. The minimum absolute atomic E-state index is 0.111. The van der Waals surface area contributed by atoms with Crippen LogP contribution in [0.25, 0.3) is 10.9 Å². The highest BCUT2D eigenvalue weighted by molar-refractivity contribution is 5.87. The molecule has 1 amide bonds. The molecule has 2 aromatic carbocycles. The molecule has 9 nitrogen and oxygen atoms in total. The van der Waals surface area contributed by atoms with E-state index in [0.29, 0.717) is 39.7 Å². The lowest BCUT2D eigenvalue weighted by Gasteiger charge is -2.23. The molecular weight excluding hydrogens is 460 g/mol. The first kappa shape index (κ1) is 27.0. The van der Waals surface area contributed by atoms with E-state index in [1.165, 1.54) is 6.33 Å². The molecule has 1 atom stereocenters. The number of nitrogens with zero attached hydrogens (tertiary/aromatic N) is 3. The molecule has 0 saturated heterocycles.